The van der Waals surface area contributed by atoms with Gasteiger partial charge in [0.25, 0.3) is 10.1 Å². The van der Waals surface area contributed by atoms with E-state index in [-0.39, 0.29) is 18.9 Å². The summed E-state index contributed by atoms with van der Waals surface area (Å²) in [6.45, 7) is 1.73. The molecule has 0 aliphatic carbocycles. The van der Waals surface area contributed by atoms with Gasteiger partial charge in [-0.15, -0.1) is 0 Å². The first kappa shape index (κ1) is 14.9. The van der Waals surface area contributed by atoms with E-state index >= 15 is 0 Å². The van der Waals surface area contributed by atoms with Crippen LogP contribution in [-0.4, -0.2) is 41.9 Å². The summed E-state index contributed by atoms with van der Waals surface area (Å²) in [7, 11) is -2.82. The molecule has 1 aromatic heterocycles. The molecule has 0 fully saturated rings. The monoisotopic (exact) mass is 278 g/mol. The third-order valence-corrected chi connectivity index (χ3v) is 4.00. The minimum Gasteiger partial charge on any atom is -0.385 e. The van der Waals surface area contributed by atoms with Crippen molar-refractivity contribution in [3.8, 4) is 0 Å². The summed E-state index contributed by atoms with van der Waals surface area (Å²) in [4.78, 5) is 7.44. The van der Waals surface area contributed by atoms with E-state index in [4.69, 9.17) is 4.74 Å². The fourth-order valence-corrected chi connectivity index (χ4v) is 2.65. The highest BCUT2D eigenvalue weighted by atomic mass is 32.2. The SMILES string of the molecule is COCC[C@H]([C@H](C)c1ncc(F)cn1)S(=O)(=O)O. The van der Waals surface area contributed by atoms with E-state index in [2.05, 4.69) is 9.97 Å². The number of hydrogen-bond acceptors (Lipinski definition) is 5. The first-order valence-corrected chi connectivity index (χ1v) is 6.79. The van der Waals surface area contributed by atoms with Crippen molar-refractivity contribution < 1.29 is 22.1 Å². The van der Waals surface area contributed by atoms with Gasteiger partial charge in [0.2, 0.25) is 0 Å². The lowest BCUT2D eigenvalue weighted by atomic mass is 10.0. The summed E-state index contributed by atoms with van der Waals surface area (Å²) in [5, 5.41) is -1.08. The Labute approximate surface area is 105 Å². The molecule has 1 N–H and O–H groups in total. The lowest BCUT2D eigenvalue weighted by Gasteiger charge is -2.19. The van der Waals surface area contributed by atoms with Crippen molar-refractivity contribution in [3.05, 3.63) is 24.0 Å². The average molecular weight is 278 g/mol. The molecule has 1 rings (SSSR count). The zero-order valence-corrected chi connectivity index (χ0v) is 10.9. The van der Waals surface area contributed by atoms with Crippen LogP contribution in [0.25, 0.3) is 0 Å². The zero-order valence-electron chi connectivity index (χ0n) is 10.1. The van der Waals surface area contributed by atoms with Gasteiger partial charge >= 0.3 is 0 Å². The van der Waals surface area contributed by atoms with E-state index in [1.165, 1.54) is 7.11 Å². The third-order valence-electron chi connectivity index (χ3n) is 2.59. The van der Waals surface area contributed by atoms with Crippen LogP contribution < -0.4 is 0 Å². The number of ether oxygens (including phenoxy) is 1. The van der Waals surface area contributed by atoms with Gasteiger partial charge in [-0.05, 0) is 6.42 Å². The molecular formula is C10H15FN2O4S. The Morgan fingerprint density at radius 3 is 2.44 bits per heavy atom. The van der Waals surface area contributed by atoms with Gasteiger partial charge < -0.3 is 4.74 Å². The quantitative estimate of drug-likeness (QED) is 0.781. The van der Waals surface area contributed by atoms with Gasteiger partial charge in [0.15, 0.2) is 5.82 Å². The van der Waals surface area contributed by atoms with Crippen molar-refractivity contribution in [2.75, 3.05) is 13.7 Å². The summed E-state index contributed by atoms with van der Waals surface area (Å²) in [5.41, 5.74) is 0. The molecule has 8 heteroatoms. The van der Waals surface area contributed by atoms with Gasteiger partial charge in [0.05, 0.1) is 17.6 Å². The Morgan fingerprint density at radius 2 is 2.00 bits per heavy atom. The Hall–Kier alpha value is -1.12. The predicted octanol–water partition coefficient (Wildman–Crippen LogP) is 1.01. The van der Waals surface area contributed by atoms with E-state index in [1.54, 1.807) is 6.92 Å². The maximum atomic E-state index is 12.7. The molecule has 0 aromatic carbocycles. The molecule has 0 saturated carbocycles. The first-order chi connectivity index (χ1) is 8.36. The van der Waals surface area contributed by atoms with Crippen LogP contribution in [0, 0.1) is 5.82 Å². The second-order valence-corrected chi connectivity index (χ2v) is 5.52. The van der Waals surface area contributed by atoms with Crippen LogP contribution in [0.5, 0.6) is 0 Å². The van der Waals surface area contributed by atoms with Gasteiger partial charge in [-0.3, -0.25) is 4.55 Å². The summed E-state index contributed by atoms with van der Waals surface area (Å²) in [5.74, 6) is -1.10. The maximum absolute atomic E-state index is 12.7. The van der Waals surface area contributed by atoms with Crippen molar-refractivity contribution in [1.82, 2.24) is 9.97 Å². The molecule has 0 saturated heterocycles. The van der Waals surface area contributed by atoms with Crippen LogP contribution >= 0.6 is 0 Å². The van der Waals surface area contributed by atoms with Crippen LogP contribution in [0.1, 0.15) is 25.1 Å². The van der Waals surface area contributed by atoms with Crippen molar-refractivity contribution in [1.29, 1.82) is 0 Å². The van der Waals surface area contributed by atoms with Crippen LogP contribution in [0.15, 0.2) is 12.4 Å². The van der Waals surface area contributed by atoms with E-state index < -0.39 is 27.1 Å². The smallest absolute Gasteiger partial charge is 0.268 e. The molecule has 0 spiro atoms. The van der Waals surface area contributed by atoms with E-state index in [0.29, 0.717) is 0 Å². The normalized spacial score (nSPS) is 15.3. The summed E-state index contributed by atoms with van der Waals surface area (Å²) < 4.78 is 49.2. The van der Waals surface area contributed by atoms with E-state index in [9.17, 15) is 17.4 Å². The highest BCUT2D eigenvalue weighted by molar-refractivity contribution is 7.86. The van der Waals surface area contributed by atoms with Crippen molar-refractivity contribution in [2.45, 2.75) is 24.5 Å². The van der Waals surface area contributed by atoms with Gasteiger partial charge in [-0.1, -0.05) is 6.92 Å². The second kappa shape index (κ2) is 6.17. The lowest BCUT2D eigenvalue weighted by molar-refractivity contribution is 0.190. The largest absolute Gasteiger partial charge is 0.385 e. The van der Waals surface area contributed by atoms with Crippen molar-refractivity contribution >= 4 is 10.1 Å². The molecule has 2 atom stereocenters. The minimum absolute atomic E-state index is 0.108. The van der Waals surface area contributed by atoms with Gasteiger partial charge in [0, 0.05) is 19.6 Å². The Morgan fingerprint density at radius 1 is 1.44 bits per heavy atom. The second-order valence-electron chi connectivity index (χ2n) is 3.88. The highest BCUT2D eigenvalue weighted by Gasteiger charge is 2.31. The third kappa shape index (κ3) is 3.97. The first-order valence-electron chi connectivity index (χ1n) is 5.29. The molecule has 6 nitrogen and oxygen atoms in total. The van der Waals surface area contributed by atoms with Crippen LogP contribution in [0.3, 0.4) is 0 Å². The average Bonchev–Trinajstić information content (AvgIpc) is 2.28. The molecule has 0 radical (unpaired) electrons. The Balaban J connectivity index is 2.95. The lowest BCUT2D eigenvalue weighted by Crippen LogP contribution is -2.29. The molecule has 102 valence electrons. The fourth-order valence-electron chi connectivity index (χ4n) is 1.61. The molecule has 0 amide bonds. The van der Waals surface area contributed by atoms with Crippen LogP contribution in [0.4, 0.5) is 4.39 Å². The van der Waals surface area contributed by atoms with Crippen molar-refractivity contribution in [3.63, 3.8) is 0 Å². The molecule has 0 unspecified atom stereocenters. The van der Waals surface area contributed by atoms with Gasteiger partial charge in [-0.25, -0.2) is 14.4 Å². The predicted molar refractivity (Wildman–Crippen MR) is 62.2 cm³/mol. The number of halogens is 1. The molecule has 0 aliphatic heterocycles. The summed E-state index contributed by atoms with van der Waals surface area (Å²) in [6.07, 6.45) is 2.02. The highest BCUT2D eigenvalue weighted by Crippen LogP contribution is 2.23. The number of hydrogen-bond donors (Lipinski definition) is 1. The molecule has 1 heterocycles. The maximum Gasteiger partial charge on any atom is 0.268 e. The van der Waals surface area contributed by atoms with Crippen LogP contribution in [-0.2, 0) is 14.9 Å². The number of rotatable bonds is 6. The molecule has 1 aromatic rings. The van der Waals surface area contributed by atoms with E-state index in [0.717, 1.165) is 12.4 Å². The molecule has 0 bridgehead atoms. The fraction of sp³-hybridized carbons (Fsp3) is 0.600. The topological polar surface area (TPSA) is 89.4 Å². The number of methoxy groups -OCH3 is 1. The Kier molecular flexibility index (Phi) is 5.12. The molecule has 18 heavy (non-hydrogen) atoms. The minimum atomic E-state index is -4.25. The molecular weight excluding hydrogens is 263 g/mol. The van der Waals surface area contributed by atoms with Gasteiger partial charge in [0.1, 0.15) is 5.82 Å². The van der Waals surface area contributed by atoms with Crippen molar-refractivity contribution in [2.24, 2.45) is 0 Å². The number of aromatic nitrogens is 2. The zero-order chi connectivity index (χ0) is 13.8. The van der Waals surface area contributed by atoms with Gasteiger partial charge in [-0.2, -0.15) is 8.42 Å². The Bertz CT molecular complexity index is 477. The van der Waals surface area contributed by atoms with E-state index in [1.807, 2.05) is 0 Å². The summed E-state index contributed by atoms with van der Waals surface area (Å²) in [6, 6.07) is 0. The standard InChI is InChI=1S/C10H15FN2O4S/c1-7(10-12-5-8(11)6-13-10)9(3-4-17-2)18(14,15)16/h5-7,9H,3-4H2,1-2H3,(H,14,15,16)/t7-,9+/m0/s1. The molecule has 0 aliphatic rings. The summed E-state index contributed by atoms with van der Waals surface area (Å²) >= 11 is 0. The number of nitrogens with zero attached hydrogens (tertiary/aromatic N) is 2. The van der Waals surface area contributed by atoms with Crippen LogP contribution in [0.2, 0.25) is 0 Å².